The predicted octanol–water partition coefficient (Wildman–Crippen LogP) is 3.50. The monoisotopic (exact) mass is 359 g/mol. The first-order valence-corrected chi connectivity index (χ1v) is 7.74. The molecule has 0 aliphatic heterocycles. The van der Waals surface area contributed by atoms with Crippen LogP contribution in [-0.2, 0) is 16.2 Å². The van der Waals surface area contributed by atoms with E-state index in [0.717, 1.165) is 16.4 Å². The molecule has 1 rings (SSSR count). The zero-order chi connectivity index (χ0) is 14.8. The van der Waals surface area contributed by atoms with E-state index in [1.807, 2.05) is 0 Å². The minimum atomic E-state index is -4.60. The zero-order valence-corrected chi connectivity index (χ0v) is 12.7. The SMILES string of the molecule is CCN(CC)S(=O)(=O)c1ccc(Br)c(C(F)(F)F)c1. The summed E-state index contributed by atoms with van der Waals surface area (Å²) in [5.41, 5.74) is -0.999. The highest BCUT2D eigenvalue weighted by Crippen LogP contribution is 2.36. The molecule has 3 nitrogen and oxygen atoms in total. The molecular formula is C11H13BrF3NO2S. The number of sulfonamides is 1. The Bertz CT molecular complexity index is 554. The van der Waals surface area contributed by atoms with E-state index in [1.165, 1.54) is 0 Å². The van der Waals surface area contributed by atoms with Crippen LogP contribution in [0, 0.1) is 0 Å². The Labute approximate surface area is 118 Å². The molecule has 0 aliphatic rings. The Morgan fingerprint density at radius 2 is 1.74 bits per heavy atom. The molecule has 0 atom stereocenters. The maximum Gasteiger partial charge on any atom is 0.417 e. The Hall–Kier alpha value is -0.600. The Kier molecular flexibility index (Phi) is 5.02. The first kappa shape index (κ1) is 16.5. The second-order valence-corrected chi connectivity index (χ2v) is 6.52. The number of halogens is 4. The fourth-order valence-corrected chi connectivity index (χ4v) is 3.55. The van der Waals surface area contributed by atoms with E-state index in [2.05, 4.69) is 15.9 Å². The summed E-state index contributed by atoms with van der Waals surface area (Å²) in [6.07, 6.45) is -4.60. The van der Waals surface area contributed by atoms with E-state index in [9.17, 15) is 21.6 Å². The molecule has 0 radical (unpaired) electrons. The minimum absolute atomic E-state index is 0.182. The summed E-state index contributed by atoms with van der Waals surface area (Å²) in [6, 6.07) is 2.91. The van der Waals surface area contributed by atoms with Crippen LogP contribution in [0.25, 0.3) is 0 Å². The van der Waals surface area contributed by atoms with Crippen LogP contribution >= 0.6 is 15.9 Å². The number of benzene rings is 1. The number of alkyl halides is 3. The topological polar surface area (TPSA) is 37.4 Å². The number of hydrogen-bond acceptors (Lipinski definition) is 2. The second-order valence-electron chi connectivity index (χ2n) is 3.73. The number of rotatable bonds is 4. The van der Waals surface area contributed by atoms with Gasteiger partial charge in [0.15, 0.2) is 0 Å². The molecule has 0 N–H and O–H groups in total. The van der Waals surface area contributed by atoms with Crippen molar-refractivity contribution in [1.29, 1.82) is 0 Å². The van der Waals surface area contributed by atoms with Gasteiger partial charge in [-0.05, 0) is 18.2 Å². The summed E-state index contributed by atoms with van der Waals surface area (Å²) in [5, 5.41) is 0. The maximum absolute atomic E-state index is 12.7. The molecule has 108 valence electrons. The molecule has 0 saturated heterocycles. The van der Waals surface area contributed by atoms with Gasteiger partial charge in [-0.3, -0.25) is 0 Å². The molecule has 0 amide bonds. The van der Waals surface area contributed by atoms with Crippen molar-refractivity contribution in [2.45, 2.75) is 24.9 Å². The second kappa shape index (κ2) is 5.80. The maximum atomic E-state index is 12.7. The van der Waals surface area contributed by atoms with Crippen LogP contribution in [0.3, 0.4) is 0 Å². The van der Waals surface area contributed by atoms with Gasteiger partial charge in [0, 0.05) is 17.6 Å². The van der Waals surface area contributed by atoms with E-state index in [1.54, 1.807) is 13.8 Å². The van der Waals surface area contributed by atoms with Gasteiger partial charge in [0.25, 0.3) is 0 Å². The Morgan fingerprint density at radius 1 is 1.21 bits per heavy atom. The van der Waals surface area contributed by atoms with Crippen molar-refractivity contribution < 1.29 is 21.6 Å². The van der Waals surface area contributed by atoms with Gasteiger partial charge in [0.05, 0.1) is 10.5 Å². The molecule has 0 saturated carbocycles. The normalized spacial score (nSPS) is 13.0. The zero-order valence-electron chi connectivity index (χ0n) is 10.3. The lowest BCUT2D eigenvalue weighted by Crippen LogP contribution is -2.30. The van der Waals surface area contributed by atoms with Gasteiger partial charge in [-0.15, -0.1) is 0 Å². The third-order valence-electron chi connectivity index (χ3n) is 2.59. The molecule has 1 aromatic carbocycles. The summed E-state index contributed by atoms with van der Waals surface area (Å²) < 4.78 is 63.4. The lowest BCUT2D eigenvalue weighted by Gasteiger charge is -2.19. The molecule has 0 unspecified atom stereocenters. The molecule has 0 spiro atoms. The van der Waals surface area contributed by atoms with Crippen molar-refractivity contribution in [3.63, 3.8) is 0 Å². The van der Waals surface area contributed by atoms with E-state index in [4.69, 9.17) is 0 Å². The third kappa shape index (κ3) is 3.49. The van der Waals surface area contributed by atoms with Crippen LogP contribution in [0.5, 0.6) is 0 Å². The molecule has 0 aromatic heterocycles. The van der Waals surface area contributed by atoms with Crippen molar-refractivity contribution in [3.05, 3.63) is 28.2 Å². The minimum Gasteiger partial charge on any atom is -0.207 e. The van der Waals surface area contributed by atoms with Gasteiger partial charge >= 0.3 is 6.18 Å². The summed E-state index contributed by atoms with van der Waals surface area (Å²) in [4.78, 5) is -0.355. The lowest BCUT2D eigenvalue weighted by molar-refractivity contribution is -0.138. The predicted molar refractivity (Wildman–Crippen MR) is 69.3 cm³/mol. The van der Waals surface area contributed by atoms with Crippen molar-refractivity contribution >= 4 is 26.0 Å². The highest BCUT2D eigenvalue weighted by molar-refractivity contribution is 9.10. The molecule has 0 fully saturated rings. The van der Waals surface area contributed by atoms with Gasteiger partial charge in [0.1, 0.15) is 0 Å². The molecular weight excluding hydrogens is 347 g/mol. The van der Waals surface area contributed by atoms with E-state index in [0.29, 0.717) is 6.07 Å². The van der Waals surface area contributed by atoms with Gasteiger partial charge < -0.3 is 0 Å². The quantitative estimate of drug-likeness (QED) is 0.824. The lowest BCUT2D eigenvalue weighted by atomic mass is 10.2. The average molecular weight is 360 g/mol. The fourth-order valence-electron chi connectivity index (χ4n) is 1.59. The summed E-state index contributed by atoms with van der Waals surface area (Å²) >= 11 is 2.78. The Morgan fingerprint density at radius 3 is 2.16 bits per heavy atom. The van der Waals surface area contributed by atoms with Crippen LogP contribution in [0.1, 0.15) is 19.4 Å². The van der Waals surface area contributed by atoms with E-state index < -0.39 is 21.8 Å². The van der Waals surface area contributed by atoms with E-state index in [-0.39, 0.29) is 22.5 Å². The number of nitrogens with zero attached hydrogens (tertiary/aromatic N) is 1. The van der Waals surface area contributed by atoms with Crippen molar-refractivity contribution in [2.75, 3.05) is 13.1 Å². The summed E-state index contributed by atoms with van der Waals surface area (Å²) in [5.74, 6) is 0. The molecule has 1 aromatic rings. The van der Waals surface area contributed by atoms with Crippen LogP contribution in [0.4, 0.5) is 13.2 Å². The van der Waals surface area contributed by atoms with Crippen LogP contribution in [0.15, 0.2) is 27.6 Å². The van der Waals surface area contributed by atoms with Crippen molar-refractivity contribution in [2.24, 2.45) is 0 Å². The highest BCUT2D eigenvalue weighted by atomic mass is 79.9. The van der Waals surface area contributed by atoms with Crippen LogP contribution in [0.2, 0.25) is 0 Å². The average Bonchev–Trinajstić information content (AvgIpc) is 2.28. The van der Waals surface area contributed by atoms with Crippen LogP contribution in [-0.4, -0.2) is 25.8 Å². The standard InChI is InChI=1S/C11H13BrF3NO2S/c1-3-16(4-2)19(17,18)8-5-6-10(12)9(7-8)11(13,14)15/h5-7H,3-4H2,1-2H3. The smallest absolute Gasteiger partial charge is 0.207 e. The van der Waals surface area contributed by atoms with Gasteiger partial charge in [-0.25, -0.2) is 8.42 Å². The largest absolute Gasteiger partial charge is 0.417 e. The fraction of sp³-hybridized carbons (Fsp3) is 0.455. The molecule has 19 heavy (non-hydrogen) atoms. The summed E-state index contributed by atoms with van der Waals surface area (Å²) in [6.45, 7) is 3.67. The van der Waals surface area contributed by atoms with Crippen LogP contribution < -0.4 is 0 Å². The Balaban J connectivity index is 3.38. The molecule has 0 bridgehead atoms. The molecule has 8 heteroatoms. The van der Waals surface area contributed by atoms with Crippen molar-refractivity contribution in [1.82, 2.24) is 4.31 Å². The first-order valence-electron chi connectivity index (χ1n) is 5.51. The van der Waals surface area contributed by atoms with Gasteiger partial charge in [-0.2, -0.15) is 17.5 Å². The van der Waals surface area contributed by atoms with E-state index >= 15 is 0 Å². The first-order chi connectivity index (χ1) is 8.64. The third-order valence-corrected chi connectivity index (χ3v) is 5.32. The summed E-state index contributed by atoms with van der Waals surface area (Å²) in [7, 11) is -3.89. The molecule has 0 aliphatic carbocycles. The molecule has 0 heterocycles. The van der Waals surface area contributed by atoms with Gasteiger partial charge in [0.2, 0.25) is 10.0 Å². The van der Waals surface area contributed by atoms with Crippen molar-refractivity contribution in [3.8, 4) is 0 Å². The number of hydrogen-bond donors (Lipinski definition) is 0. The highest BCUT2D eigenvalue weighted by Gasteiger charge is 2.35. The van der Waals surface area contributed by atoms with Gasteiger partial charge in [-0.1, -0.05) is 29.8 Å².